The third-order valence-electron chi connectivity index (χ3n) is 2.93. The van der Waals surface area contributed by atoms with Crippen molar-refractivity contribution >= 4 is 10.0 Å². The molecule has 0 unspecified atom stereocenters. The second-order valence-corrected chi connectivity index (χ2v) is 6.01. The number of pyridine rings is 1. The molecular formula is C12H16N4O2S. The highest BCUT2D eigenvalue weighted by atomic mass is 32.2. The Hall–Kier alpha value is -1.73. The molecule has 0 atom stereocenters. The maximum Gasteiger partial charge on any atom is 0.244 e. The summed E-state index contributed by atoms with van der Waals surface area (Å²) in [6.45, 7) is 3.66. The number of nitrogens with one attached hydrogen (secondary N) is 1. The van der Waals surface area contributed by atoms with Gasteiger partial charge in [-0.25, -0.2) is 13.1 Å². The molecule has 0 aromatic carbocycles. The van der Waals surface area contributed by atoms with E-state index in [2.05, 4.69) is 14.8 Å². The smallest absolute Gasteiger partial charge is 0.244 e. The van der Waals surface area contributed by atoms with Gasteiger partial charge in [-0.05, 0) is 31.5 Å². The van der Waals surface area contributed by atoms with Crippen molar-refractivity contribution in [3.8, 4) is 0 Å². The molecule has 0 aliphatic rings. The molecule has 2 aromatic heterocycles. The van der Waals surface area contributed by atoms with Gasteiger partial charge in [0.15, 0.2) is 0 Å². The lowest BCUT2D eigenvalue weighted by Gasteiger charge is -2.07. The number of hydrogen-bond acceptors (Lipinski definition) is 4. The third-order valence-corrected chi connectivity index (χ3v) is 4.58. The van der Waals surface area contributed by atoms with E-state index in [-0.39, 0.29) is 11.4 Å². The SMILES string of the molecule is Cc1nn(C)c(C)c1S(=O)(=O)NCc1ccncc1. The van der Waals surface area contributed by atoms with Gasteiger partial charge in [-0.15, -0.1) is 0 Å². The summed E-state index contributed by atoms with van der Waals surface area (Å²) in [6.07, 6.45) is 3.26. The summed E-state index contributed by atoms with van der Waals surface area (Å²) >= 11 is 0. The monoisotopic (exact) mass is 280 g/mol. The Kier molecular flexibility index (Phi) is 3.68. The fourth-order valence-electron chi connectivity index (χ4n) is 1.89. The molecule has 2 aromatic rings. The van der Waals surface area contributed by atoms with Gasteiger partial charge in [0.25, 0.3) is 0 Å². The maximum atomic E-state index is 12.3. The zero-order valence-corrected chi connectivity index (χ0v) is 11.9. The minimum absolute atomic E-state index is 0.235. The summed E-state index contributed by atoms with van der Waals surface area (Å²) in [5.41, 5.74) is 1.99. The van der Waals surface area contributed by atoms with E-state index in [0.717, 1.165) is 5.56 Å². The summed E-state index contributed by atoms with van der Waals surface area (Å²) in [5.74, 6) is 0. The minimum Gasteiger partial charge on any atom is -0.271 e. The second kappa shape index (κ2) is 5.10. The van der Waals surface area contributed by atoms with Crippen LogP contribution in [0.2, 0.25) is 0 Å². The predicted octanol–water partition coefficient (Wildman–Crippen LogP) is 0.910. The van der Waals surface area contributed by atoms with Gasteiger partial charge in [-0.1, -0.05) is 0 Å². The van der Waals surface area contributed by atoms with E-state index in [1.54, 1.807) is 50.1 Å². The zero-order chi connectivity index (χ0) is 14.0. The molecule has 0 saturated heterocycles. The molecule has 0 bridgehead atoms. The fraction of sp³-hybridized carbons (Fsp3) is 0.333. The van der Waals surface area contributed by atoms with Crippen LogP contribution in [0.25, 0.3) is 0 Å². The van der Waals surface area contributed by atoms with Crippen molar-refractivity contribution < 1.29 is 8.42 Å². The Morgan fingerprint density at radius 3 is 2.42 bits per heavy atom. The highest BCUT2D eigenvalue weighted by Crippen LogP contribution is 2.18. The number of hydrogen-bond donors (Lipinski definition) is 1. The fourth-order valence-corrected chi connectivity index (χ4v) is 3.35. The van der Waals surface area contributed by atoms with Crippen LogP contribution < -0.4 is 4.72 Å². The number of nitrogens with zero attached hydrogens (tertiary/aromatic N) is 3. The average molecular weight is 280 g/mol. The first kappa shape index (κ1) is 13.7. The van der Waals surface area contributed by atoms with Crippen LogP contribution in [-0.4, -0.2) is 23.2 Å². The molecule has 19 heavy (non-hydrogen) atoms. The minimum atomic E-state index is -3.55. The highest BCUT2D eigenvalue weighted by molar-refractivity contribution is 7.89. The van der Waals surface area contributed by atoms with E-state index >= 15 is 0 Å². The first-order chi connectivity index (χ1) is 8.92. The van der Waals surface area contributed by atoms with Crippen LogP contribution in [0.3, 0.4) is 0 Å². The normalized spacial score (nSPS) is 11.7. The van der Waals surface area contributed by atoms with Gasteiger partial charge in [0.2, 0.25) is 10.0 Å². The molecule has 0 spiro atoms. The summed E-state index contributed by atoms with van der Waals surface area (Å²) in [7, 11) is -1.83. The zero-order valence-electron chi connectivity index (χ0n) is 11.1. The van der Waals surface area contributed by atoms with Crippen LogP contribution in [0, 0.1) is 13.8 Å². The third kappa shape index (κ3) is 2.82. The molecule has 1 N–H and O–H groups in total. The molecule has 0 aliphatic heterocycles. The molecule has 102 valence electrons. The largest absolute Gasteiger partial charge is 0.271 e. The van der Waals surface area contributed by atoms with Gasteiger partial charge < -0.3 is 0 Å². The van der Waals surface area contributed by atoms with Gasteiger partial charge >= 0.3 is 0 Å². The van der Waals surface area contributed by atoms with Crippen LogP contribution in [0.4, 0.5) is 0 Å². The van der Waals surface area contributed by atoms with Crippen LogP contribution in [0.5, 0.6) is 0 Å². The lowest BCUT2D eigenvalue weighted by molar-refractivity contribution is 0.579. The number of aryl methyl sites for hydroxylation is 2. The first-order valence-electron chi connectivity index (χ1n) is 5.80. The van der Waals surface area contributed by atoms with Crippen LogP contribution in [0.1, 0.15) is 17.0 Å². The molecule has 0 aliphatic carbocycles. The van der Waals surface area contributed by atoms with Crippen molar-refractivity contribution in [2.45, 2.75) is 25.3 Å². The van der Waals surface area contributed by atoms with Gasteiger partial charge in [-0.3, -0.25) is 9.67 Å². The molecule has 2 heterocycles. The molecule has 0 fully saturated rings. The van der Waals surface area contributed by atoms with Crippen molar-refractivity contribution in [1.29, 1.82) is 0 Å². The van der Waals surface area contributed by atoms with Gasteiger partial charge in [0.1, 0.15) is 4.90 Å². The molecule has 7 heteroatoms. The number of aromatic nitrogens is 3. The standard InChI is InChI=1S/C12H16N4O2S/c1-9-12(10(2)16(3)15-9)19(17,18)14-8-11-4-6-13-7-5-11/h4-7,14H,8H2,1-3H3. The Balaban J connectivity index is 2.24. The summed E-state index contributed by atoms with van der Waals surface area (Å²) in [4.78, 5) is 4.14. The predicted molar refractivity (Wildman–Crippen MR) is 70.9 cm³/mol. The Bertz CT molecular complexity index is 677. The lowest BCUT2D eigenvalue weighted by Crippen LogP contribution is -2.24. The van der Waals surface area contributed by atoms with Gasteiger partial charge in [-0.2, -0.15) is 5.10 Å². The first-order valence-corrected chi connectivity index (χ1v) is 7.29. The molecular weight excluding hydrogens is 264 g/mol. The summed E-state index contributed by atoms with van der Waals surface area (Å²) in [6, 6.07) is 3.54. The average Bonchev–Trinajstić information content (AvgIpc) is 2.63. The van der Waals surface area contributed by atoms with Crippen LogP contribution >= 0.6 is 0 Å². The van der Waals surface area contributed by atoms with Gasteiger partial charge in [0, 0.05) is 26.0 Å². The van der Waals surface area contributed by atoms with Crippen molar-refractivity contribution in [2.24, 2.45) is 7.05 Å². The van der Waals surface area contributed by atoms with E-state index in [4.69, 9.17) is 0 Å². The van der Waals surface area contributed by atoms with Crippen LogP contribution in [-0.2, 0) is 23.6 Å². The Labute approximate surface area is 112 Å². The van der Waals surface area contributed by atoms with Crippen molar-refractivity contribution in [1.82, 2.24) is 19.5 Å². The molecule has 0 saturated carbocycles. The van der Waals surface area contributed by atoms with Crippen LogP contribution in [0.15, 0.2) is 29.4 Å². The van der Waals surface area contributed by atoms with E-state index < -0.39 is 10.0 Å². The number of sulfonamides is 1. The quantitative estimate of drug-likeness (QED) is 0.903. The summed E-state index contributed by atoms with van der Waals surface area (Å²) < 4.78 is 28.7. The van der Waals surface area contributed by atoms with Crippen molar-refractivity contribution in [2.75, 3.05) is 0 Å². The van der Waals surface area contributed by atoms with Crippen molar-refractivity contribution in [3.63, 3.8) is 0 Å². The maximum absolute atomic E-state index is 12.3. The lowest BCUT2D eigenvalue weighted by atomic mass is 10.3. The van der Waals surface area contributed by atoms with E-state index in [1.807, 2.05) is 0 Å². The summed E-state index contributed by atoms with van der Waals surface area (Å²) in [5, 5.41) is 4.12. The van der Waals surface area contributed by atoms with E-state index in [9.17, 15) is 8.42 Å². The topological polar surface area (TPSA) is 76.9 Å². The molecule has 0 amide bonds. The van der Waals surface area contributed by atoms with Gasteiger partial charge in [0.05, 0.1) is 11.4 Å². The molecule has 6 nitrogen and oxygen atoms in total. The Morgan fingerprint density at radius 2 is 1.89 bits per heavy atom. The molecule has 2 rings (SSSR count). The Morgan fingerprint density at radius 1 is 1.26 bits per heavy atom. The van der Waals surface area contributed by atoms with Crippen molar-refractivity contribution in [3.05, 3.63) is 41.5 Å². The molecule has 0 radical (unpaired) electrons. The van der Waals surface area contributed by atoms with E-state index in [1.165, 1.54) is 0 Å². The second-order valence-electron chi connectivity index (χ2n) is 4.30. The van der Waals surface area contributed by atoms with E-state index in [0.29, 0.717) is 11.4 Å². The highest BCUT2D eigenvalue weighted by Gasteiger charge is 2.23. The number of rotatable bonds is 4.